The molecule has 0 bridgehead atoms. The summed E-state index contributed by atoms with van der Waals surface area (Å²) in [6.45, 7) is 0. The summed E-state index contributed by atoms with van der Waals surface area (Å²) in [5, 5.41) is 8.80. The highest BCUT2D eigenvalue weighted by atomic mass is 32.2. The molecule has 1 amide bonds. The van der Waals surface area contributed by atoms with Crippen molar-refractivity contribution in [2.24, 2.45) is 5.14 Å². The van der Waals surface area contributed by atoms with E-state index in [0.29, 0.717) is 0 Å². The van der Waals surface area contributed by atoms with Crippen LogP contribution in [-0.4, -0.2) is 29.9 Å². The lowest BCUT2D eigenvalue weighted by Gasteiger charge is -2.11. The third-order valence-corrected chi connectivity index (χ3v) is 6.32. The highest BCUT2D eigenvalue weighted by molar-refractivity contribution is 7.95. The van der Waals surface area contributed by atoms with Crippen LogP contribution in [0.25, 0.3) is 6.08 Å². The van der Waals surface area contributed by atoms with E-state index < -0.39 is 26.0 Å². The van der Waals surface area contributed by atoms with E-state index in [2.05, 4.69) is 10.0 Å². The molecule has 3 aromatic carbocycles. The van der Waals surface area contributed by atoms with Crippen LogP contribution in [0.1, 0.15) is 15.9 Å². The SMILES string of the molecule is COc1ccc(NC(=O)c2ccc(NS(=O)(=O)/C=C/c3ccccc3)cc2)cc1S(N)(=O)=O. The van der Waals surface area contributed by atoms with Gasteiger partial charge in [0.1, 0.15) is 10.6 Å². The molecule has 0 aliphatic rings. The van der Waals surface area contributed by atoms with E-state index in [0.717, 1.165) is 11.0 Å². The standard InChI is InChI=1S/C22H21N3O6S2/c1-31-20-12-11-19(15-21(20)33(23,29)30)24-22(26)17-7-9-18(10-8-17)25-32(27,28)14-13-16-5-3-2-4-6-16/h2-15,25H,1H3,(H,24,26)(H2,23,29,30)/b14-13+. The zero-order valence-electron chi connectivity index (χ0n) is 17.4. The fraction of sp³-hybridized carbons (Fsp3) is 0.0455. The van der Waals surface area contributed by atoms with Crippen LogP contribution in [0.5, 0.6) is 5.75 Å². The second-order valence-corrected chi connectivity index (χ2v) is 9.90. The minimum absolute atomic E-state index is 0.0495. The van der Waals surface area contributed by atoms with Crippen molar-refractivity contribution >= 4 is 43.4 Å². The lowest BCUT2D eigenvalue weighted by Crippen LogP contribution is -2.16. The number of primary sulfonamides is 1. The molecule has 0 aromatic heterocycles. The fourth-order valence-electron chi connectivity index (χ4n) is 2.80. The van der Waals surface area contributed by atoms with Crippen molar-refractivity contribution in [1.82, 2.24) is 0 Å². The molecule has 4 N–H and O–H groups in total. The Morgan fingerprint density at radius 2 is 1.55 bits per heavy atom. The van der Waals surface area contributed by atoms with Gasteiger partial charge in [-0.25, -0.2) is 22.0 Å². The molecule has 0 aliphatic heterocycles. The molecule has 0 saturated carbocycles. The van der Waals surface area contributed by atoms with Crippen LogP contribution in [0.2, 0.25) is 0 Å². The smallest absolute Gasteiger partial charge is 0.255 e. The van der Waals surface area contributed by atoms with Crippen LogP contribution >= 0.6 is 0 Å². The van der Waals surface area contributed by atoms with Crippen LogP contribution in [0, 0.1) is 0 Å². The number of hydrogen-bond donors (Lipinski definition) is 3. The molecule has 3 aromatic rings. The summed E-state index contributed by atoms with van der Waals surface area (Å²) in [6.07, 6.45) is 1.47. The minimum atomic E-state index is -4.06. The monoisotopic (exact) mass is 487 g/mol. The topological polar surface area (TPSA) is 145 Å². The van der Waals surface area contributed by atoms with Crippen LogP contribution in [-0.2, 0) is 20.0 Å². The average molecular weight is 488 g/mol. The molecule has 9 nitrogen and oxygen atoms in total. The second kappa shape index (κ2) is 9.86. The Morgan fingerprint density at radius 3 is 2.15 bits per heavy atom. The summed E-state index contributed by atoms with van der Waals surface area (Å²) < 4.78 is 55.3. The molecule has 0 saturated heterocycles. The minimum Gasteiger partial charge on any atom is -0.495 e. The number of ether oxygens (including phenoxy) is 1. The summed E-state index contributed by atoms with van der Waals surface area (Å²) in [6, 6.07) is 18.7. The first-order valence-corrected chi connectivity index (χ1v) is 12.5. The van der Waals surface area contributed by atoms with Crippen LogP contribution in [0.15, 0.2) is 83.1 Å². The molecule has 172 valence electrons. The van der Waals surface area contributed by atoms with E-state index in [1.54, 1.807) is 24.3 Å². The largest absolute Gasteiger partial charge is 0.495 e. The lowest BCUT2D eigenvalue weighted by molar-refractivity contribution is 0.102. The van der Waals surface area contributed by atoms with Gasteiger partial charge in [0.2, 0.25) is 10.0 Å². The van der Waals surface area contributed by atoms with E-state index in [4.69, 9.17) is 9.88 Å². The highest BCUT2D eigenvalue weighted by Gasteiger charge is 2.17. The number of amides is 1. The van der Waals surface area contributed by atoms with Crippen molar-refractivity contribution < 1.29 is 26.4 Å². The van der Waals surface area contributed by atoms with Gasteiger partial charge in [-0.3, -0.25) is 9.52 Å². The van der Waals surface area contributed by atoms with Crippen molar-refractivity contribution in [1.29, 1.82) is 0 Å². The van der Waals surface area contributed by atoms with Gasteiger partial charge in [0.05, 0.1) is 12.5 Å². The third-order valence-electron chi connectivity index (χ3n) is 4.37. The Morgan fingerprint density at radius 1 is 0.909 bits per heavy atom. The van der Waals surface area contributed by atoms with Gasteiger partial charge in [0.15, 0.2) is 0 Å². The molecule has 0 heterocycles. The van der Waals surface area contributed by atoms with Crippen molar-refractivity contribution in [3.8, 4) is 5.75 Å². The number of rotatable bonds is 8. The molecule has 0 spiro atoms. The predicted octanol–water partition coefficient (Wildman–Crippen LogP) is 3.01. The van der Waals surface area contributed by atoms with Crippen molar-refractivity contribution in [2.75, 3.05) is 17.1 Å². The second-order valence-electron chi connectivity index (χ2n) is 6.80. The number of nitrogens with one attached hydrogen (secondary N) is 2. The van der Waals surface area contributed by atoms with Crippen molar-refractivity contribution in [3.05, 3.63) is 89.3 Å². The molecule has 11 heteroatoms. The molecule has 0 radical (unpaired) electrons. The first-order chi connectivity index (χ1) is 15.6. The van der Waals surface area contributed by atoms with Crippen molar-refractivity contribution in [2.45, 2.75) is 4.90 Å². The zero-order chi connectivity index (χ0) is 24.1. The maximum absolute atomic E-state index is 12.5. The van der Waals surface area contributed by atoms with Crippen LogP contribution in [0.4, 0.5) is 11.4 Å². The van der Waals surface area contributed by atoms with Gasteiger partial charge in [-0.05, 0) is 54.1 Å². The number of carbonyl (C=O) groups excluding carboxylic acids is 1. The summed E-state index contributed by atoms with van der Waals surface area (Å²) in [4.78, 5) is 12.2. The van der Waals surface area contributed by atoms with Gasteiger partial charge in [0, 0.05) is 16.9 Å². The summed E-state index contributed by atoms with van der Waals surface area (Å²) in [5.41, 5.74) is 1.43. The Kier molecular flexibility index (Phi) is 7.16. The van der Waals surface area contributed by atoms with Gasteiger partial charge in [-0.15, -0.1) is 0 Å². The number of hydrogen-bond acceptors (Lipinski definition) is 6. The Balaban J connectivity index is 1.70. The van der Waals surface area contributed by atoms with Gasteiger partial charge < -0.3 is 10.1 Å². The van der Waals surface area contributed by atoms with Gasteiger partial charge >= 0.3 is 0 Å². The van der Waals surface area contributed by atoms with Crippen LogP contribution in [0.3, 0.4) is 0 Å². The molecule has 0 fully saturated rings. The van der Waals surface area contributed by atoms with E-state index in [1.807, 2.05) is 6.07 Å². The molecule has 0 unspecified atom stereocenters. The summed E-state index contributed by atoms with van der Waals surface area (Å²) >= 11 is 0. The summed E-state index contributed by atoms with van der Waals surface area (Å²) in [7, 11) is -6.51. The first-order valence-electron chi connectivity index (χ1n) is 9.45. The molecular formula is C22H21N3O6S2. The van der Waals surface area contributed by atoms with Crippen molar-refractivity contribution in [3.63, 3.8) is 0 Å². The van der Waals surface area contributed by atoms with E-state index in [1.165, 1.54) is 55.7 Å². The predicted molar refractivity (Wildman–Crippen MR) is 127 cm³/mol. The summed E-state index contributed by atoms with van der Waals surface area (Å²) in [5.74, 6) is -0.479. The number of nitrogens with two attached hydrogens (primary N) is 1. The fourth-order valence-corrected chi connectivity index (χ4v) is 4.39. The third kappa shape index (κ3) is 6.65. The lowest BCUT2D eigenvalue weighted by atomic mass is 10.2. The van der Waals surface area contributed by atoms with Gasteiger partial charge in [0.25, 0.3) is 15.9 Å². The number of methoxy groups -OCH3 is 1. The number of benzene rings is 3. The Hall–Kier alpha value is -3.67. The molecule has 0 atom stereocenters. The van der Waals surface area contributed by atoms with E-state index >= 15 is 0 Å². The van der Waals surface area contributed by atoms with E-state index in [9.17, 15) is 21.6 Å². The zero-order valence-corrected chi connectivity index (χ0v) is 19.1. The Labute approximate surface area is 192 Å². The number of sulfonamides is 2. The molecule has 0 aliphatic carbocycles. The first kappa shape index (κ1) is 24.0. The van der Waals surface area contributed by atoms with Gasteiger partial charge in [-0.1, -0.05) is 30.3 Å². The quantitative estimate of drug-likeness (QED) is 0.445. The number of carbonyl (C=O) groups is 1. The molecular weight excluding hydrogens is 466 g/mol. The molecule has 3 rings (SSSR count). The maximum atomic E-state index is 12.5. The van der Waals surface area contributed by atoms with Gasteiger partial charge in [-0.2, -0.15) is 0 Å². The molecule has 33 heavy (non-hydrogen) atoms. The van der Waals surface area contributed by atoms with Crippen LogP contribution < -0.4 is 19.9 Å². The van der Waals surface area contributed by atoms with E-state index in [-0.39, 0.29) is 27.6 Å². The Bertz CT molecular complexity index is 1390. The maximum Gasteiger partial charge on any atom is 0.255 e. The number of anilines is 2. The average Bonchev–Trinajstić information content (AvgIpc) is 2.78. The normalized spacial score (nSPS) is 11.8. The highest BCUT2D eigenvalue weighted by Crippen LogP contribution is 2.26.